The van der Waals surface area contributed by atoms with E-state index in [0.717, 1.165) is 4.88 Å². The van der Waals surface area contributed by atoms with Crippen LogP contribution in [0.5, 0.6) is 6.01 Å². The zero-order chi connectivity index (χ0) is 17.9. The standard InChI is InChI=1S/C14H19N5O4S2/c1-10-3-4-12(24-10)25(20,21)15-9-11-16-13(18-14(17-11)22-2)19-5-7-23-8-6-19/h3-4,15H,5-9H2,1-2H3. The average molecular weight is 385 g/mol. The number of anilines is 1. The zero-order valence-corrected chi connectivity index (χ0v) is 15.6. The highest BCUT2D eigenvalue weighted by molar-refractivity contribution is 7.91. The van der Waals surface area contributed by atoms with Gasteiger partial charge in [-0.1, -0.05) is 0 Å². The van der Waals surface area contributed by atoms with Gasteiger partial charge in [0.05, 0.1) is 26.9 Å². The molecule has 0 saturated carbocycles. The van der Waals surface area contributed by atoms with E-state index in [4.69, 9.17) is 9.47 Å². The maximum Gasteiger partial charge on any atom is 0.321 e. The van der Waals surface area contributed by atoms with Crippen LogP contribution in [0.15, 0.2) is 16.3 Å². The molecule has 11 heteroatoms. The van der Waals surface area contributed by atoms with Gasteiger partial charge in [0, 0.05) is 18.0 Å². The van der Waals surface area contributed by atoms with Crippen molar-refractivity contribution in [3.63, 3.8) is 0 Å². The molecule has 3 heterocycles. The van der Waals surface area contributed by atoms with Crippen molar-refractivity contribution < 1.29 is 17.9 Å². The molecule has 0 unspecified atom stereocenters. The number of thiophene rings is 1. The van der Waals surface area contributed by atoms with Crippen molar-refractivity contribution in [1.29, 1.82) is 0 Å². The lowest BCUT2D eigenvalue weighted by Gasteiger charge is -2.26. The van der Waals surface area contributed by atoms with Crippen LogP contribution in [0.3, 0.4) is 0 Å². The average Bonchev–Trinajstić information content (AvgIpc) is 3.08. The molecule has 1 fully saturated rings. The second-order valence-electron chi connectivity index (χ2n) is 5.33. The van der Waals surface area contributed by atoms with Crippen LogP contribution in [0, 0.1) is 6.92 Å². The number of nitrogens with zero attached hydrogens (tertiary/aromatic N) is 4. The molecule has 0 bridgehead atoms. The summed E-state index contributed by atoms with van der Waals surface area (Å²) in [6.07, 6.45) is 0. The summed E-state index contributed by atoms with van der Waals surface area (Å²) < 4.78 is 37.9. The number of morpholine rings is 1. The van der Waals surface area contributed by atoms with Gasteiger partial charge in [0.15, 0.2) is 5.82 Å². The fraction of sp³-hybridized carbons (Fsp3) is 0.500. The molecule has 25 heavy (non-hydrogen) atoms. The van der Waals surface area contributed by atoms with Crippen LogP contribution in [-0.2, 0) is 21.3 Å². The lowest BCUT2D eigenvalue weighted by Crippen LogP contribution is -2.37. The Morgan fingerprint density at radius 3 is 2.68 bits per heavy atom. The Kier molecular flexibility index (Phi) is 5.47. The second-order valence-corrected chi connectivity index (χ2v) is 8.61. The van der Waals surface area contributed by atoms with Gasteiger partial charge in [0.25, 0.3) is 0 Å². The van der Waals surface area contributed by atoms with Gasteiger partial charge < -0.3 is 14.4 Å². The molecule has 1 N–H and O–H groups in total. The predicted octanol–water partition coefficient (Wildman–Crippen LogP) is 0.565. The summed E-state index contributed by atoms with van der Waals surface area (Å²) in [5.74, 6) is 0.751. The zero-order valence-electron chi connectivity index (χ0n) is 13.9. The summed E-state index contributed by atoms with van der Waals surface area (Å²) in [5, 5.41) is 0. The van der Waals surface area contributed by atoms with E-state index in [1.165, 1.54) is 18.4 Å². The molecule has 9 nitrogen and oxygen atoms in total. The Morgan fingerprint density at radius 2 is 2.04 bits per heavy atom. The summed E-state index contributed by atoms with van der Waals surface area (Å²) in [6.45, 7) is 4.31. The summed E-state index contributed by atoms with van der Waals surface area (Å²) in [6, 6.07) is 3.50. The minimum atomic E-state index is -3.60. The lowest BCUT2D eigenvalue weighted by atomic mass is 10.4. The van der Waals surface area contributed by atoms with Gasteiger partial charge in [-0.15, -0.1) is 11.3 Å². The number of aryl methyl sites for hydroxylation is 1. The van der Waals surface area contributed by atoms with E-state index in [0.29, 0.717) is 38.1 Å². The van der Waals surface area contributed by atoms with Gasteiger partial charge >= 0.3 is 6.01 Å². The first-order chi connectivity index (χ1) is 12.0. The molecule has 2 aromatic rings. The van der Waals surface area contributed by atoms with E-state index < -0.39 is 10.0 Å². The molecule has 0 aliphatic carbocycles. The van der Waals surface area contributed by atoms with Crippen LogP contribution in [0.25, 0.3) is 0 Å². The molecule has 1 aliphatic rings. The van der Waals surface area contributed by atoms with E-state index in [1.807, 2.05) is 11.8 Å². The van der Waals surface area contributed by atoms with Crippen LogP contribution in [-0.4, -0.2) is 56.8 Å². The van der Waals surface area contributed by atoms with Crippen molar-refractivity contribution >= 4 is 27.3 Å². The molecule has 2 aromatic heterocycles. The minimum Gasteiger partial charge on any atom is -0.467 e. The maximum atomic E-state index is 12.3. The van der Waals surface area contributed by atoms with Crippen LogP contribution in [0.2, 0.25) is 0 Å². The van der Waals surface area contributed by atoms with Crippen molar-refractivity contribution in [2.75, 3.05) is 38.3 Å². The number of nitrogens with one attached hydrogen (secondary N) is 1. The highest BCUT2D eigenvalue weighted by Gasteiger charge is 2.19. The monoisotopic (exact) mass is 385 g/mol. The van der Waals surface area contributed by atoms with E-state index >= 15 is 0 Å². The molecule has 1 aliphatic heterocycles. The quantitative estimate of drug-likeness (QED) is 0.769. The molecular weight excluding hydrogens is 366 g/mol. The molecule has 1 saturated heterocycles. The molecule has 136 valence electrons. The SMILES string of the molecule is COc1nc(CNS(=O)(=O)c2ccc(C)s2)nc(N2CCOCC2)n1. The van der Waals surface area contributed by atoms with Crippen LogP contribution in [0.1, 0.15) is 10.7 Å². The first kappa shape index (κ1) is 18.0. The predicted molar refractivity (Wildman–Crippen MR) is 92.5 cm³/mol. The number of rotatable bonds is 6. The largest absolute Gasteiger partial charge is 0.467 e. The Balaban J connectivity index is 1.77. The number of methoxy groups -OCH3 is 1. The number of sulfonamides is 1. The molecule has 0 amide bonds. The Morgan fingerprint density at radius 1 is 1.28 bits per heavy atom. The topological polar surface area (TPSA) is 107 Å². The first-order valence-electron chi connectivity index (χ1n) is 7.66. The summed E-state index contributed by atoms with van der Waals surface area (Å²) in [5.41, 5.74) is 0. The van der Waals surface area contributed by atoms with Crippen LogP contribution < -0.4 is 14.4 Å². The third-order valence-electron chi connectivity index (χ3n) is 3.53. The van der Waals surface area contributed by atoms with Crippen molar-refractivity contribution in [2.45, 2.75) is 17.7 Å². The molecule has 0 radical (unpaired) electrons. The third-order valence-corrected chi connectivity index (χ3v) is 6.42. The van der Waals surface area contributed by atoms with Gasteiger partial charge in [-0.05, 0) is 19.1 Å². The summed E-state index contributed by atoms with van der Waals surface area (Å²) in [7, 11) is -2.14. The second kappa shape index (κ2) is 7.60. The van der Waals surface area contributed by atoms with Gasteiger partial charge in [-0.25, -0.2) is 13.1 Å². The number of aromatic nitrogens is 3. The fourth-order valence-corrected chi connectivity index (χ4v) is 4.56. The molecule has 0 spiro atoms. The normalized spacial score (nSPS) is 15.4. The van der Waals surface area contributed by atoms with Gasteiger partial charge in [0.2, 0.25) is 16.0 Å². The fourth-order valence-electron chi connectivity index (χ4n) is 2.25. The Bertz CT molecular complexity index is 833. The first-order valence-corrected chi connectivity index (χ1v) is 9.95. The Labute approximate surface area is 150 Å². The third kappa shape index (κ3) is 4.42. The van der Waals surface area contributed by atoms with E-state index in [2.05, 4.69) is 19.7 Å². The van der Waals surface area contributed by atoms with Crippen LogP contribution in [0.4, 0.5) is 5.95 Å². The van der Waals surface area contributed by atoms with Gasteiger partial charge in [-0.2, -0.15) is 15.0 Å². The lowest BCUT2D eigenvalue weighted by molar-refractivity contribution is 0.122. The van der Waals surface area contributed by atoms with E-state index in [-0.39, 0.29) is 16.8 Å². The number of hydrogen-bond acceptors (Lipinski definition) is 9. The summed E-state index contributed by atoms with van der Waals surface area (Å²) >= 11 is 1.21. The van der Waals surface area contributed by atoms with Crippen molar-refractivity contribution in [2.24, 2.45) is 0 Å². The molecular formula is C14H19N5O4S2. The summed E-state index contributed by atoms with van der Waals surface area (Å²) in [4.78, 5) is 15.6. The molecule has 0 aromatic carbocycles. The molecule has 0 atom stereocenters. The highest BCUT2D eigenvalue weighted by atomic mass is 32.2. The Hall–Kier alpha value is -1.82. The highest BCUT2D eigenvalue weighted by Crippen LogP contribution is 2.20. The van der Waals surface area contributed by atoms with E-state index in [9.17, 15) is 8.42 Å². The van der Waals surface area contributed by atoms with Crippen molar-refractivity contribution in [3.8, 4) is 6.01 Å². The smallest absolute Gasteiger partial charge is 0.321 e. The number of ether oxygens (including phenoxy) is 2. The van der Waals surface area contributed by atoms with Gasteiger partial charge in [0.1, 0.15) is 4.21 Å². The number of hydrogen-bond donors (Lipinski definition) is 1. The van der Waals surface area contributed by atoms with Crippen molar-refractivity contribution in [1.82, 2.24) is 19.7 Å². The van der Waals surface area contributed by atoms with Crippen LogP contribution >= 0.6 is 11.3 Å². The molecule has 3 rings (SSSR count). The van der Waals surface area contributed by atoms with E-state index in [1.54, 1.807) is 12.1 Å². The minimum absolute atomic E-state index is 0.0461. The maximum absolute atomic E-state index is 12.3. The van der Waals surface area contributed by atoms with Crippen molar-refractivity contribution in [3.05, 3.63) is 22.8 Å². The van der Waals surface area contributed by atoms with Gasteiger partial charge in [-0.3, -0.25) is 0 Å².